The average molecular weight is 466 g/mol. The number of hydrogen-bond acceptors (Lipinski definition) is 7. The van der Waals surface area contributed by atoms with Crippen molar-refractivity contribution in [1.82, 2.24) is 24.5 Å². The summed E-state index contributed by atoms with van der Waals surface area (Å²) in [5, 5.41) is 9.58. The van der Waals surface area contributed by atoms with Crippen LogP contribution in [0.15, 0.2) is 55.0 Å². The number of pyridine rings is 1. The summed E-state index contributed by atoms with van der Waals surface area (Å²) in [6.07, 6.45) is 5.30. The Balaban J connectivity index is 1.41. The maximum atomic E-state index is 11.5. The van der Waals surface area contributed by atoms with E-state index in [1.807, 2.05) is 41.1 Å². The van der Waals surface area contributed by atoms with E-state index in [0.29, 0.717) is 18.4 Å². The number of nitrogens with zero attached hydrogens (tertiary/aromatic N) is 5. The van der Waals surface area contributed by atoms with Gasteiger partial charge in [-0.05, 0) is 36.4 Å². The Morgan fingerprint density at radius 1 is 1.15 bits per heavy atom. The van der Waals surface area contributed by atoms with Crippen molar-refractivity contribution in [1.29, 1.82) is 0 Å². The minimum Gasteiger partial charge on any atom is -0.468 e. The smallest absolute Gasteiger partial charge is 0.327 e. The van der Waals surface area contributed by atoms with E-state index in [4.69, 9.17) is 9.47 Å². The molecule has 0 spiro atoms. The second-order valence-electron chi connectivity index (χ2n) is 8.05. The largest absolute Gasteiger partial charge is 0.468 e. The van der Waals surface area contributed by atoms with Crippen LogP contribution in [-0.4, -0.2) is 53.0 Å². The number of aromatic nitrogens is 5. The van der Waals surface area contributed by atoms with Crippen LogP contribution in [0.4, 0.5) is 0 Å². The molecule has 0 aliphatic rings. The van der Waals surface area contributed by atoms with Gasteiger partial charge in [-0.3, -0.25) is 9.48 Å². The van der Waals surface area contributed by atoms with Gasteiger partial charge >= 0.3 is 5.97 Å². The van der Waals surface area contributed by atoms with Crippen LogP contribution in [-0.2, 0) is 27.5 Å². The van der Waals surface area contributed by atoms with Crippen LogP contribution < -0.4 is 4.74 Å². The van der Waals surface area contributed by atoms with Crippen LogP contribution in [0.1, 0.15) is 0 Å². The molecule has 0 radical (unpaired) electrons. The third-order valence-electron chi connectivity index (χ3n) is 5.07. The van der Waals surface area contributed by atoms with Crippen molar-refractivity contribution in [2.75, 3.05) is 13.7 Å². The Hall–Kier alpha value is -3.50. The van der Waals surface area contributed by atoms with Gasteiger partial charge < -0.3 is 14.2 Å². The zero-order valence-electron chi connectivity index (χ0n) is 19.0. The molecule has 0 saturated heterocycles. The van der Waals surface area contributed by atoms with Gasteiger partial charge in [0.25, 0.3) is 0 Å². The Morgan fingerprint density at radius 3 is 2.79 bits per heavy atom. The predicted molar refractivity (Wildman–Crippen MR) is 127 cm³/mol. The summed E-state index contributed by atoms with van der Waals surface area (Å²) in [4.78, 5) is 15.9. The van der Waals surface area contributed by atoms with Crippen molar-refractivity contribution < 1.29 is 19.0 Å². The Morgan fingerprint density at radius 2 is 2.03 bits per heavy atom. The first-order valence-electron chi connectivity index (χ1n) is 10.8. The Kier molecular flexibility index (Phi) is 7.15. The second-order valence-corrected chi connectivity index (χ2v) is 11.4. The van der Waals surface area contributed by atoms with Crippen LogP contribution in [0.2, 0.25) is 19.1 Å². The maximum absolute atomic E-state index is 11.5. The number of rotatable bonds is 10. The molecular weight excluding hydrogens is 438 g/mol. The number of methoxy groups -OCH3 is 1. The molecule has 0 aliphatic heterocycles. The highest BCUT2D eigenvalue weighted by molar-refractivity contribution is 6.55. The fraction of sp³-hybridized carbons (Fsp3) is 0.304. The Labute approximate surface area is 193 Å². The van der Waals surface area contributed by atoms with E-state index in [1.165, 1.54) is 7.11 Å². The number of esters is 1. The molecule has 10 heteroatoms. The van der Waals surface area contributed by atoms with Crippen molar-refractivity contribution in [3.63, 3.8) is 0 Å². The number of hydrogen-bond donors (Lipinski definition) is 0. The summed E-state index contributed by atoms with van der Waals surface area (Å²) < 4.78 is 19.8. The predicted octanol–water partition coefficient (Wildman–Crippen LogP) is 3.72. The first-order chi connectivity index (χ1) is 16.0. The second kappa shape index (κ2) is 10.4. The first kappa shape index (κ1) is 22.7. The number of ether oxygens (including phenoxy) is 3. The lowest BCUT2D eigenvalue weighted by molar-refractivity contribution is -0.141. The molecule has 3 heterocycles. The molecule has 0 aliphatic carbocycles. The van der Waals surface area contributed by atoms with Gasteiger partial charge in [-0.25, -0.2) is 9.67 Å². The standard InChI is InChI=1S/C23H27N5O4Si/c1-30-23(29)15-27-14-18-12-19(5-6-20(18)26-27)32-22-7-4-17(13-24-22)21-8-9-25-28(21)16-31-10-11-33(2)3/h4-9,12-14,33H,10-11,15-16H2,1-3H3. The van der Waals surface area contributed by atoms with Crippen LogP contribution in [0.3, 0.4) is 0 Å². The minimum absolute atomic E-state index is 0.0610. The lowest BCUT2D eigenvalue weighted by Crippen LogP contribution is -2.11. The van der Waals surface area contributed by atoms with Crippen LogP contribution in [0, 0.1) is 0 Å². The Bertz CT molecular complexity index is 1220. The highest BCUT2D eigenvalue weighted by atomic mass is 28.3. The fourth-order valence-electron chi connectivity index (χ4n) is 3.26. The average Bonchev–Trinajstić information content (AvgIpc) is 3.43. The molecule has 0 N–H and O–H groups in total. The van der Waals surface area contributed by atoms with Gasteiger partial charge in [-0.15, -0.1) is 0 Å². The van der Waals surface area contributed by atoms with Crippen molar-refractivity contribution in [3.05, 3.63) is 55.0 Å². The molecule has 172 valence electrons. The molecular formula is C23H27N5O4Si. The molecule has 0 atom stereocenters. The molecule has 0 saturated carbocycles. The number of carbonyl (C=O) groups excluding carboxylic acids is 1. The van der Waals surface area contributed by atoms with Crippen molar-refractivity contribution in [2.45, 2.75) is 32.4 Å². The molecule has 0 fully saturated rings. The van der Waals surface area contributed by atoms with Crippen LogP contribution in [0.25, 0.3) is 22.2 Å². The van der Waals surface area contributed by atoms with Gasteiger partial charge in [0.1, 0.15) is 19.0 Å². The summed E-state index contributed by atoms with van der Waals surface area (Å²) >= 11 is 0. The quantitative estimate of drug-likeness (QED) is 0.200. The van der Waals surface area contributed by atoms with E-state index < -0.39 is 8.80 Å². The molecule has 3 aromatic heterocycles. The van der Waals surface area contributed by atoms with E-state index >= 15 is 0 Å². The molecule has 0 amide bonds. The summed E-state index contributed by atoms with van der Waals surface area (Å²) in [5.74, 6) is 0.755. The van der Waals surface area contributed by atoms with Gasteiger partial charge in [-0.2, -0.15) is 10.2 Å². The third kappa shape index (κ3) is 5.85. The highest BCUT2D eigenvalue weighted by Gasteiger charge is 2.10. The van der Waals surface area contributed by atoms with Crippen LogP contribution >= 0.6 is 0 Å². The van der Waals surface area contributed by atoms with E-state index in [1.54, 1.807) is 23.3 Å². The summed E-state index contributed by atoms with van der Waals surface area (Å²) in [7, 11) is 0.743. The molecule has 4 rings (SSSR count). The molecule has 9 nitrogen and oxygen atoms in total. The SMILES string of the molecule is COC(=O)Cn1cc2cc(Oc3ccc(-c4ccnn4COCC[SiH](C)C)cn3)ccc2n1. The lowest BCUT2D eigenvalue weighted by Gasteiger charge is -2.10. The van der Waals surface area contributed by atoms with Gasteiger partial charge in [0, 0.05) is 51.0 Å². The van der Waals surface area contributed by atoms with Gasteiger partial charge in [0.05, 0.1) is 18.3 Å². The summed E-state index contributed by atoms with van der Waals surface area (Å²) in [6, 6.07) is 12.4. The van der Waals surface area contributed by atoms with Gasteiger partial charge in [0.2, 0.25) is 5.88 Å². The summed E-state index contributed by atoms with van der Waals surface area (Å²) in [6.45, 7) is 5.87. The highest BCUT2D eigenvalue weighted by Crippen LogP contribution is 2.26. The molecule has 0 unspecified atom stereocenters. The zero-order valence-corrected chi connectivity index (χ0v) is 20.1. The lowest BCUT2D eigenvalue weighted by atomic mass is 10.2. The van der Waals surface area contributed by atoms with Crippen LogP contribution in [0.5, 0.6) is 11.6 Å². The number of fused-ring (bicyclic) bond motifs is 1. The first-order valence-corrected chi connectivity index (χ1v) is 13.9. The molecule has 4 aromatic rings. The normalized spacial score (nSPS) is 11.3. The van der Waals surface area contributed by atoms with Crippen molar-refractivity contribution in [3.8, 4) is 22.9 Å². The number of carbonyl (C=O) groups is 1. The van der Waals surface area contributed by atoms with Gasteiger partial charge in [0.15, 0.2) is 0 Å². The number of benzene rings is 1. The van der Waals surface area contributed by atoms with Gasteiger partial charge in [-0.1, -0.05) is 13.1 Å². The van der Waals surface area contributed by atoms with Crippen molar-refractivity contribution in [2.24, 2.45) is 0 Å². The van der Waals surface area contributed by atoms with Crippen molar-refractivity contribution >= 4 is 25.7 Å². The van der Waals surface area contributed by atoms with E-state index in [-0.39, 0.29) is 12.5 Å². The molecule has 33 heavy (non-hydrogen) atoms. The van der Waals surface area contributed by atoms with E-state index in [9.17, 15) is 4.79 Å². The molecule has 0 bridgehead atoms. The topological polar surface area (TPSA) is 93.3 Å². The summed E-state index contributed by atoms with van der Waals surface area (Å²) in [5.41, 5.74) is 2.64. The minimum atomic E-state index is -0.611. The third-order valence-corrected chi connectivity index (χ3v) is 6.46. The zero-order chi connectivity index (χ0) is 23.2. The monoisotopic (exact) mass is 465 g/mol. The van der Waals surface area contributed by atoms with E-state index in [0.717, 1.165) is 34.8 Å². The van der Waals surface area contributed by atoms with E-state index in [2.05, 4.69) is 33.0 Å². The maximum Gasteiger partial charge on any atom is 0.327 e. The molecule has 1 aromatic carbocycles. The fourth-order valence-corrected chi connectivity index (χ4v) is 3.90.